The van der Waals surface area contributed by atoms with Crippen molar-refractivity contribution in [3.8, 4) is 0 Å². The number of benzene rings is 1. The van der Waals surface area contributed by atoms with Gasteiger partial charge in [-0.15, -0.1) is 0 Å². The molecular weight excluding hydrogens is 338 g/mol. The summed E-state index contributed by atoms with van der Waals surface area (Å²) in [4.78, 5) is 4.54. The van der Waals surface area contributed by atoms with Gasteiger partial charge < -0.3 is 20.2 Å². The average Bonchev–Trinajstić information content (AvgIpc) is 2.91. The second kappa shape index (κ2) is 8.41. The number of hydrogen-bond donors (Lipinski definition) is 3. The van der Waals surface area contributed by atoms with Gasteiger partial charge in [0.25, 0.3) is 0 Å². The number of halogens is 1. The maximum Gasteiger partial charge on any atom is 0.191 e. The summed E-state index contributed by atoms with van der Waals surface area (Å²) in [5.74, 6) is 2.13. The Hall–Kier alpha value is -1.98. The molecule has 0 saturated carbocycles. The van der Waals surface area contributed by atoms with E-state index in [1.165, 1.54) is 0 Å². The summed E-state index contributed by atoms with van der Waals surface area (Å²) < 4.78 is 5.53. The van der Waals surface area contributed by atoms with Crippen LogP contribution in [0, 0.1) is 13.8 Å². The number of guanidine groups is 1. The topological polar surface area (TPSA) is 69.8 Å². The van der Waals surface area contributed by atoms with Crippen LogP contribution < -0.4 is 10.6 Å². The van der Waals surface area contributed by atoms with Crippen molar-refractivity contribution in [3.63, 3.8) is 0 Å². The summed E-state index contributed by atoms with van der Waals surface area (Å²) in [5, 5.41) is 17.9. The monoisotopic (exact) mass is 363 g/mol. The molecule has 6 heteroatoms. The van der Waals surface area contributed by atoms with Gasteiger partial charge in [0.1, 0.15) is 17.1 Å². The molecule has 5 nitrogen and oxygen atoms in total. The molecule has 2 rings (SSSR count). The van der Waals surface area contributed by atoms with Crippen LogP contribution in [-0.4, -0.2) is 24.2 Å². The van der Waals surface area contributed by atoms with E-state index in [9.17, 15) is 5.11 Å². The van der Waals surface area contributed by atoms with Crippen LogP contribution in [0.1, 0.15) is 36.5 Å². The predicted octanol–water partition coefficient (Wildman–Crippen LogP) is 3.51. The smallest absolute Gasteiger partial charge is 0.191 e. The minimum absolute atomic E-state index is 0.307. The van der Waals surface area contributed by atoms with Crippen LogP contribution in [0.25, 0.3) is 0 Å². The van der Waals surface area contributed by atoms with Crippen LogP contribution in [0.15, 0.2) is 39.7 Å². The molecule has 0 radical (unpaired) electrons. The molecule has 1 heterocycles. The van der Waals surface area contributed by atoms with Crippen LogP contribution >= 0.6 is 11.6 Å². The van der Waals surface area contributed by atoms with E-state index in [4.69, 9.17) is 16.0 Å². The molecule has 0 aliphatic rings. The molecular formula is C19H26ClN3O2. The van der Waals surface area contributed by atoms with Crippen LogP contribution in [0.4, 0.5) is 0 Å². The van der Waals surface area contributed by atoms with E-state index < -0.39 is 5.60 Å². The molecule has 0 bridgehead atoms. The van der Waals surface area contributed by atoms with Crippen LogP contribution in [0.5, 0.6) is 0 Å². The lowest BCUT2D eigenvalue weighted by atomic mass is 9.96. The van der Waals surface area contributed by atoms with Gasteiger partial charge in [-0.05, 0) is 45.4 Å². The molecule has 1 atom stereocenters. The summed E-state index contributed by atoms with van der Waals surface area (Å²) in [6.07, 6.45) is 0. The molecule has 3 N–H and O–H groups in total. The number of nitrogens with one attached hydrogen (secondary N) is 2. The highest BCUT2D eigenvalue weighted by molar-refractivity contribution is 6.31. The van der Waals surface area contributed by atoms with Crippen molar-refractivity contribution < 1.29 is 9.52 Å². The Balaban J connectivity index is 2.07. The Labute approximate surface area is 154 Å². The normalized spacial score (nSPS) is 14.2. The van der Waals surface area contributed by atoms with Gasteiger partial charge in [0, 0.05) is 17.1 Å². The van der Waals surface area contributed by atoms with Crippen molar-refractivity contribution in [1.82, 2.24) is 10.6 Å². The SMILES string of the molecule is CCNC(=NCc1ccccc1Cl)NCC(C)(O)c1cc(C)oc1C. The van der Waals surface area contributed by atoms with Crippen LogP contribution in [0.2, 0.25) is 5.02 Å². The standard InChI is InChI=1S/C19H26ClN3O2/c1-5-21-18(22-11-15-8-6-7-9-17(15)20)23-12-19(4,24)16-10-13(2)25-14(16)3/h6-10,24H,5,11-12H2,1-4H3,(H2,21,22,23). The molecule has 0 fully saturated rings. The molecule has 2 aromatic rings. The zero-order chi connectivity index (χ0) is 18.4. The highest BCUT2D eigenvalue weighted by Gasteiger charge is 2.27. The van der Waals surface area contributed by atoms with Gasteiger partial charge in [-0.25, -0.2) is 4.99 Å². The van der Waals surface area contributed by atoms with Gasteiger partial charge in [-0.1, -0.05) is 29.8 Å². The van der Waals surface area contributed by atoms with Gasteiger partial charge in [0.15, 0.2) is 5.96 Å². The van der Waals surface area contributed by atoms with E-state index in [-0.39, 0.29) is 0 Å². The molecule has 0 spiro atoms. The van der Waals surface area contributed by atoms with E-state index in [0.29, 0.717) is 24.1 Å². The van der Waals surface area contributed by atoms with Gasteiger partial charge in [0.05, 0.1) is 13.1 Å². The fraction of sp³-hybridized carbons (Fsp3) is 0.421. The lowest BCUT2D eigenvalue weighted by molar-refractivity contribution is 0.0601. The first-order valence-corrected chi connectivity index (χ1v) is 8.76. The maximum atomic E-state index is 10.8. The van der Waals surface area contributed by atoms with Gasteiger partial charge >= 0.3 is 0 Å². The molecule has 0 aliphatic carbocycles. The number of rotatable bonds is 6. The molecule has 0 saturated heterocycles. The van der Waals surface area contributed by atoms with E-state index in [0.717, 1.165) is 29.2 Å². The Morgan fingerprint density at radius 2 is 2.00 bits per heavy atom. The summed E-state index contributed by atoms with van der Waals surface area (Å²) in [6, 6.07) is 9.49. The highest BCUT2D eigenvalue weighted by Crippen LogP contribution is 2.26. The molecule has 25 heavy (non-hydrogen) atoms. The highest BCUT2D eigenvalue weighted by atomic mass is 35.5. The quantitative estimate of drug-likeness (QED) is 0.542. The largest absolute Gasteiger partial charge is 0.466 e. The van der Waals surface area contributed by atoms with Crippen molar-refractivity contribution in [1.29, 1.82) is 0 Å². The van der Waals surface area contributed by atoms with Crippen molar-refractivity contribution in [2.75, 3.05) is 13.1 Å². The van der Waals surface area contributed by atoms with Crippen molar-refractivity contribution >= 4 is 17.6 Å². The Morgan fingerprint density at radius 3 is 2.60 bits per heavy atom. The number of aliphatic imine (C=N–C) groups is 1. The Kier molecular flexibility index (Phi) is 6.51. The van der Waals surface area contributed by atoms with Crippen molar-refractivity contribution in [2.45, 2.75) is 39.8 Å². The van der Waals surface area contributed by atoms with Gasteiger partial charge in [-0.3, -0.25) is 0 Å². The minimum atomic E-state index is -1.07. The van der Waals surface area contributed by atoms with Crippen molar-refractivity contribution in [3.05, 3.63) is 58.0 Å². The molecule has 1 aromatic heterocycles. The summed E-state index contributed by atoms with van der Waals surface area (Å²) in [7, 11) is 0. The Morgan fingerprint density at radius 1 is 1.28 bits per heavy atom. The number of aliphatic hydroxyl groups is 1. The molecule has 1 unspecified atom stereocenters. The van der Waals surface area contributed by atoms with Crippen LogP contribution in [0.3, 0.4) is 0 Å². The first-order valence-electron chi connectivity index (χ1n) is 8.39. The third-order valence-corrected chi connectivity index (χ3v) is 4.30. The average molecular weight is 364 g/mol. The summed E-state index contributed by atoms with van der Waals surface area (Å²) in [5.41, 5.74) is 0.663. The molecule has 1 aromatic carbocycles. The zero-order valence-electron chi connectivity index (χ0n) is 15.2. The number of aryl methyl sites for hydroxylation is 2. The number of furan rings is 1. The summed E-state index contributed by atoms with van der Waals surface area (Å²) >= 11 is 6.17. The van der Waals surface area contributed by atoms with E-state index in [1.807, 2.05) is 51.1 Å². The minimum Gasteiger partial charge on any atom is -0.466 e. The lowest BCUT2D eigenvalue weighted by Gasteiger charge is -2.24. The first kappa shape index (κ1) is 19.3. The van der Waals surface area contributed by atoms with Crippen LogP contribution in [-0.2, 0) is 12.1 Å². The first-order chi connectivity index (χ1) is 11.8. The van der Waals surface area contributed by atoms with Crippen molar-refractivity contribution in [2.24, 2.45) is 4.99 Å². The fourth-order valence-electron chi connectivity index (χ4n) is 2.65. The van der Waals surface area contributed by atoms with Gasteiger partial charge in [-0.2, -0.15) is 0 Å². The fourth-order valence-corrected chi connectivity index (χ4v) is 2.84. The second-order valence-electron chi connectivity index (χ2n) is 6.24. The molecule has 0 aliphatic heterocycles. The third kappa shape index (κ3) is 5.25. The zero-order valence-corrected chi connectivity index (χ0v) is 15.9. The van der Waals surface area contributed by atoms with E-state index in [2.05, 4.69) is 15.6 Å². The number of hydrogen-bond acceptors (Lipinski definition) is 3. The maximum absolute atomic E-state index is 10.8. The number of nitrogens with zero attached hydrogens (tertiary/aromatic N) is 1. The molecule has 0 amide bonds. The Bertz CT molecular complexity index is 738. The molecule has 136 valence electrons. The van der Waals surface area contributed by atoms with E-state index in [1.54, 1.807) is 6.92 Å². The third-order valence-electron chi connectivity index (χ3n) is 3.93. The lowest BCUT2D eigenvalue weighted by Crippen LogP contribution is -2.44. The van der Waals surface area contributed by atoms with Gasteiger partial charge in [0.2, 0.25) is 0 Å². The van der Waals surface area contributed by atoms with E-state index >= 15 is 0 Å². The predicted molar refractivity (Wildman–Crippen MR) is 102 cm³/mol. The summed E-state index contributed by atoms with van der Waals surface area (Å²) in [6.45, 7) is 8.97. The second-order valence-corrected chi connectivity index (χ2v) is 6.65.